The van der Waals surface area contributed by atoms with E-state index in [1.54, 1.807) is 20.8 Å². The van der Waals surface area contributed by atoms with E-state index in [2.05, 4.69) is 0 Å². The fourth-order valence-electron chi connectivity index (χ4n) is 3.33. The molecule has 1 aliphatic rings. The van der Waals surface area contributed by atoms with Gasteiger partial charge in [0.05, 0.1) is 19.8 Å². The van der Waals surface area contributed by atoms with E-state index in [0.717, 1.165) is 19.3 Å². The third-order valence-electron chi connectivity index (χ3n) is 4.71. The van der Waals surface area contributed by atoms with Gasteiger partial charge in [0.1, 0.15) is 11.2 Å². The lowest BCUT2D eigenvalue weighted by Gasteiger charge is -2.29. The predicted octanol–water partition coefficient (Wildman–Crippen LogP) is 2.59. The summed E-state index contributed by atoms with van der Waals surface area (Å²) in [6, 6.07) is 0. The van der Waals surface area contributed by atoms with E-state index in [9.17, 15) is 19.2 Å². The number of ether oxygens (including phenoxy) is 3. The first kappa shape index (κ1) is 22.1. The zero-order valence-corrected chi connectivity index (χ0v) is 16.0. The number of ketones is 1. The lowest BCUT2D eigenvalue weighted by molar-refractivity contribution is -0.167. The Hall–Kier alpha value is -1.92. The molecule has 0 heterocycles. The lowest BCUT2D eigenvalue weighted by Crippen LogP contribution is -2.41. The van der Waals surface area contributed by atoms with Gasteiger partial charge in [0.25, 0.3) is 0 Å². The zero-order chi connectivity index (χ0) is 19.6. The van der Waals surface area contributed by atoms with Gasteiger partial charge in [-0.15, -0.1) is 0 Å². The average molecular weight is 370 g/mol. The van der Waals surface area contributed by atoms with E-state index in [4.69, 9.17) is 14.2 Å². The molecule has 7 nitrogen and oxygen atoms in total. The highest BCUT2D eigenvalue weighted by Gasteiger charge is 2.48. The number of carbonyl (C=O) groups is 4. The Balaban J connectivity index is 3.03. The SMILES string of the molecule is CCOC(=O)C(CCC1(C(=O)OCC)CCCCCC1=O)C(=O)OCC. The molecule has 1 unspecified atom stereocenters. The van der Waals surface area contributed by atoms with Crippen LogP contribution in [0.5, 0.6) is 0 Å². The quantitative estimate of drug-likeness (QED) is 0.266. The van der Waals surface area contributed by atoms with Crippen LogP contribution in [0.3, 0.4) is 0 Å². The largest absolute Gasteiger partial charge is 0.465 e. The first-order valence-corrected chi connectivity index (χ1v) is 9.46. The first-order valence-electron chi connectivity index (χ1n) is 9.46. The van der Waals surface area contributed by atoms with Crippen LogP contribution in [0.2, 0.25) is 0 Å². The van der Waals surface area contributed by atoms with Gasteiger partial charge in [-0.25, -0.2) is 0 Å². The molecule has 148 valence electrons. The second-order valence-corrected chi connectivity index (χ2v) is 6.38. The molecule has 0 saturated heterocycles. The van der Waals surface area contributed by atoms with Crippen molar-refractivity contribution in [3.8, 4) is 0 Å². The Morgan fingerprint density at radius 3 is 2.04 bits per heavy atom. The van der Waals surface area contributed by atoms with Crippen LogP contribution in [0.4, 0.5) is 0 Å². The van der Waals surface area contributed by atoms with Crippen LogP contribution in [0.25, 0.3) is 0 Å². The van der Waals surface area contributed by atoms with Gasteiger partial charge in [0.2, 0.25) is 0 Å². The van der Waals surface area contributed by atoms with Crippen LogP contribution in [0.15, 0.2) is 0 Å². The Kier molecular flexibility index (Phi) is 9.30. The Morgan fingerprint density at radius 1 is 0.923 bits per heavy atom. The number of carbonyl (C=O) groups excluding carboxylic acids is 4. The molecule has 0 radical (unpaired) electrons. The number of hydrogen-bond acceptors (Lipinski definition) is 7. The summed E-state index contributed by atoms with van der Waals surface area (Å²) in [5.74, 6) is -3.24. The van der Waals surface area contributed by atoms with E-state index >= 15 is 0 Å². The van der Waals surface area contributed by atoms with E-state index in [1.807, 2.05) is 0 Å². The summed E-state index contributed by atoms with van der Waals surface area (Å²) < 4.78 is 15.1. The van der Waals surface area contributed by atoms with Crippen molar-refractivity contribution in [1.82, 2.24) is 0 Å². The van der Waals surface area contributed by atoms with E-state index in [-0.39, 0.29) is 38.4 Å². The molecule has 26 heavy (non-hydrogen) atoms. The molecule has 7 heteroatoms. The van der Waals surface area contributed by atoms with Crippen LogP contribution in [0, 0.1) is 11.3 Å². The zero-order valence-electron chi connectivity index (χ0n) is 16.0. The summed E-state index contributed by atoms with van der Waals surface area (Å²) in [4.78, 5) is 49.6. The van der Waals surface area contributed by atoms with Gasteiger partial charge in [0.15, 0.2) is 5.92 Å². The summed E-state index contributed by atoms with van der Waals surface area (Å²) in [6.07, 6.45) is 3.11. The maximum Gasteiger partial charge on any atom is 0.320 e. The van der Waals surface area contributed by atoms with Gasteiger partial charge in [-0.3, -0.25) is 19.2 Å². The van der Waals surface area contributed by atoms with Crippen LogP contribution >= 0.6 is 0 Å². The highest BCUT2D eigenvalue weighted by atomic mass is 16.6. The van der Waals surface area contributed by atoms with Gasteiger partial charge >= 0.3 is 17.9 Å². The smallest absolute Gasteiger partial charge is 0.320 e. The Morgan fingerprint density at radius 2 is 1.50 bits per heavy atom. The Bertz CT molecular complexity index is 496. The van der Waals surface area contributed by atoms with E-state index < -0.39 is 29.2 Å². The molecule has 0 bridgehead atoms. The van der Waals surface area contributed by atoms with Crippen molar-refractivity contribution >= 4 is 23.7 Å². The van der Waals surface area contributed by atoms with Crippen LogP contribution in [-0.4, -0.2) is 43.5 Å². The van der Waals surface area contributed by atoms with Crippen molar-refractivity contribution < 1.29 is 33.4 Å². The lowest BCUT2D eigenvalue weighted by atomic mass is 9.74. The minimum atomic E-state index is -1.29. The summed E-state index contributed by atoms with van der Waals surface area (Å²) in [5, 5.41) is 0. The summed E-state index contributed by atoms with van der Waals surface area (Å²) >= 11 is 0. The molecule has 0 aromatic rings. The first-order chi connectivity index (χ1) is 12.4. The van der Waals surface area contributed by atoms with Crippen molar-refractivity contribution in [2.24, 2.45) is 11.3 Å². The maximum atomic E-state index is 12.7. The van der Waals surface area contributed by atoms with Crippen molar-refractivity contribution in [2.45, 2.75) is 65.7 Å². The van der Waals surface area contributed by atoms with Crippen LogP contribution in [-0.2, 0) is 33.4 Å². The molecule has 0 aromatic carbocycles. The molecular formula is C19H30O7. The normalized spacial score (nSPS) is 20.4. The standard InChI is InChI=1S/C19H30O7/c1-4-24-16(21)14(17(22)25-5-2)11-13-19(18(23)26-6-3)12-9-7-8-10-15(19)20/h14H,4-13H2,1-3H3. The summed E-state index contributed by atoms with van der Waals surface area (Å²) in [6.45, 7) is 5.43. The molecule has 0 N–H and O–H groups in total. The molecule has 1 atom stereocenters. The predicted molar refractivity (Wildman–Crippen MR) is 93.1 cm³/mol. The van der Waals surface area contributed by atoms with Gasteiger partial charge < -0.3 is 14.2 Å². The monoisotopic (exact) mass is 370 g/mol. The molecule has 1 saturated carbocycles. The van der Waals surface area contributed by atoms with Gasteiger partial charge in [0, 0.05) is 6.42 Å². The average Bonchev–Trinajstić information content (AvgIpc) is 2.78. The molecular weight excluding hydrogens is 340 g/mol. The highest BCUT2D eigenvalue weighted by molar-refractivity contribution is 6.04. The minimum absolute atomic E-state index is 0.0161. The third-order valence-corrected chi connectivity index (χ3v) is 4.71. The van der Waals surface area contributed by atoms with Crippen LogP contribution in [0.1, 0.15) is 65.7 Å². The van der Waals surface area contributed by atoms with Crippen molar-refractivity contribution in [1.29, 1.82) is 0 Å². The molecule has 0 aliphatic heterocycles. The van der Waals surface area contributed by atoms with Crippen LogP contribution < -0.4 is 0 Å². The molecule has 1 rings (SSSR count). The van der Waals surface area contributed by atoms with E-state index in [1.165, 1.54) is 0 Å². The number of hydrogen-bond donors (Lipinski definition) is 0. The number of Topliss-reactive ketones (excluding diaryl/α,β-unsaturated/α-hetero) is 1. The Labute approximate surface area is 154 Å². The van der Waals surface area contributed by atoms with E-state index in [0.29, 0.717) is 12.8 Å². The van der Waals surface area contributed by atoms with Crippen molar-refractivity contribution in [3.63, 3.8) is 0 Å². The summed E-state index contributed by atoms with van der Waals surface area (Å²) in [7, 11) is 0. The number of esters is 3. The summed E-state index contributed by atoms with van der Waals surface area (Å²) in [5.41, 5.74) is -1.29. The molecule has 0 spiro atoms. The third kappa shape index (κ3) is 5.54. The van der Waals surface area contributed by atoms with Gasteiger partial charge in [-0.05, 0) is 46.5 Å². The molecule has 1 fully saturated rings. The molecule has 0 aromatic heterocycles. The fraction of sp³-hybridized carbons (Fsp3) is 0.789. The molecule has 0 amide bonds. The van der Waals surface area contributed by atoms with Gasteiger partial charge in [-0.2, -0.15) is 0 Å². The maximum absolute atomic E-state index is 12.7. The highest BCUT2D eigenvalue weighted by Crippen LogP contribution is 2.39. The van der Waals surface area contributed by atoms with Gasteiger partial charge in [-0.1, -0.05) is 12.8 Å². The molecule has 1 aliphatic carbocycles. The van der Waals surface area contributed by atoms with Crippen molar-refractivity contribution in [2.75, 3.05) is 19.8 Å². The fourth-order valence-corrected chi connectivity index (χ4v) is 3.33. The number of rotatable bonds is 9. The second-order valence-electron chi connectivity index (χ2n) is 6.38. The van der Waals surface area contributed by atoms with Crippen molar-refractivity contribution in [3.05, 3.63) is 0 Å². The minimum Gasteiger partial charge on any atom is -0.465 e. The topological polar surface area (TPSA) is 96.0 Å². The second kappa shape index (κ2) is 10.9.